The number of nitrogens with zero attached hydrogens (tertiary/aromatic N) is 1. The summed E-state index contributed by atoms with van der Waals surface area (Å²) in [4.78, 5) is 33.6. The summed E-state index contributed by atoms with van der Waals surface area (Å²) in [5, 5.41) is 14.2. The molecule has 39 heavy (non-hydrogen) atoms. The second-order valence-electron chi connectivity index (χ2n) is 9.23. The van der Waals surface area contributed by atoms with Crippen molar-refractivity contribution in [3.8, 4) is 22.5 Å². The van der Waals surface area contributed by atoms with E-state index < -0.39 is 5.97 Å². The molecule has 5 rings (SSSR count). The topological polar surface area (TPSA) is 95.1 Å². The molecule has 1 amide bonds. The highest BCUT2D eigenvalue weighted by atomic mass is 35.5. The molecule has 0 radical (unpaired) electrons. The quantitative estimate of drug-likeness (QED) is 0.179. The molecule has 1 heterocycles. The molecule has 4 aromatic carbocycles. The molecule has 0 aliphatic rings. The summed E-state index contributed by atoms with van der Waals surface area (Å²) in [6.07, 6.45) is 1.64. The molecule has 196 valence electrons. The van der Waals surface area contributed by atoms with Crippen molar-refractivity contribution < 1.29 is 14.7 Å². The van der Waals surface area contributed by atoms with E-state index in [2.05, 4.69) is 22.2 Å². The summed E-state index contributed by atoms with van der Waals surface area (Å²) in [5.74, 6) is -0.954. The minimum Gasteiger partial charge on any atom is -0.478 e. The summed E-state index contributed by atoms with van der Waals surface area (Å²) < 4.78 is 0. The number of carboxylic acids is 1. The van der Waals surface area contributed by atoms with E-state index in [1.165, 1.54) is 6.07 Å². The van der Waals surface area contributed by atoms with Crippen molar-refractivity contribution >= 4 is 46.1 Å². The van der Waals surface area contributed by atoms with Crippen molar-refractivity contribution in [2.24, 2.45) is 0 Å². The maximum atomic E-state index is 13.2. The lowest BCUT2D eigenvalue weighted by Gasteiger charge is -2.19. The van der Waals surface area contributed by atoms with Crippen LogP contribution in [0.15, 0.2) is 84.9 Å². The van der Waals surface area contributed by atoms with Crippen LogP contribution in [0.1, 0.15) is 52.1 Å². The number of fused-ring (bicyclic) bond motifs is 1. The van der Waals surface area contributed by atoms with Gasteiger partial charge in [-0.3, -0.25) is 4.79 Å². The second-order valence-corrected chi connectivity index (χ2v) is 10.1. The van der Waals surface area contributed by atoms with Gasteiger partial charge in [0.05, 0.1) is 22.6 Å². The number of carboxylic acid groups (broad SMARTS) is 1. The molecule has 0 aliphatic carbocycles. The van der Waals surface area contributed by atoms with Crippen LogP contribution in [0.2, 0.25) is 10.0 Å². The highest BCUT2D eigenvalue weighted by Crippen LogP contribution is 2.36. The van der Waals surface area contributed by atoms with Crippen molar-refractivity contribution in [1.82, 2.24) is 15.3 Å². The number of imidazole rings is 1. The molecule has 0 saturated carbocycles. The fraction of sp³-hybridized carbons (Fsp3) is 0.129. The molecule has 6 nitrogen and oxygen atoms in total. The first-order valence-corrected chi connectivity index (χ1v) is 13.3. The summed E-state index contributed by atoms with van der Waals surface area (Å²) in [6, 6.07) is 24.8. The van der Waals surface area contributed by atoms with Crippen LogP contribution in [-0.2, 0) is 0 Å². The summed E-state index contributed by atoms with van der Waals surface area (Å²) in [5.41, 5.74) is 4.38. The highest BCUT2D eigenvalue weighted by molar-refractivity contribution is 6.31. The predicted molar refractivity (Wildman–Crippen MR) is 156 cm³/mol. The maximum absolute atomic E-state index is 13.2. The van der Waals surface area contributed by atoms with E-state index in [-0.39, 0.29) is 23.1 Å². The molecular weight excluding hydrogens is 533 g/mol. The van der Waals surface area contributed by atoms with Gasteiger partial charge >= 0.3 is 5.97 Å². The lowest BCUT2D eigenvalue weighted by Crippen LogP contribution is -2.28. The van der Waals surface area contributed by atoms with E-state index in [1.54, 1.807) is 42.5 Å². The van der Waals surface area contributed by atoms with E-state index in [4.69, 9.17) is 23.2 Å². The number of carbonyl (C=O) groups is 2. The number of hydrogen-bond donors (Lipinski definition) is 3. The number of carbonyl (C=O) groups excluding carboxylic acids is 1. The number of nitrogens with one attached hydrogen (secondary N) is 2. The van der Waals surface area contributed by atoms with Gasteiger partial charge in [-0.15, -0.1) is 0 Å². The number of halogens is 2. The third-order valence-corrected chi connectivity index (χ3v) is 7.04. The molecule has 8 heteroatoms. The molecule has 0 unspecified atom stereocenters. The van der Waals surface area contributed by atoms with Gasteiger partial charge in [-0.1, -0.05) is 72.9 Å². The lowest BCUT2D eigenvalue weighted by atomic mass is 9.93. The third-order valence-electron chi connectivity index (χ3n) is 6.57. The Morgan fingerprint density at radius 1 is 0.897 bits per heavy atom. The Kier molecular flexibility index (Phi) is 7.68. The van der Waals surface area contributed by atoms with Crippen LogP contribution in [0.25, 0.3) is 33.5 Å². The van der Waals surface area contributed by atoms with Gasteiger partial charge in [0.2, 0.25) is 0 Å². The van der Waals surface area contributed by atoms with Gasteiger partial charge in [0.1, 0.15) is 5.82 Å². The van der Waals surface area contributed by atoms with Gasteiger partial charge in [0, 0.05) is 21.2 Å². The molecule has 1 atom stereocenters. The van der Waals surface area contributed by atoms with Gasteiger partial charge in [0.25, 0.3) is 5.91 Å². The second kappa shape index (κ2) is 11.3. The minimum absolute atomic E-state index is 0.0166. The molecule has 0 bridgehead atoms. The molecule has 1 aromatic heterocycles. The van der Waals surface area contributed by atoms with Crippen LogP contribution < -0.4 is 5.32 Å². The van der Waals surface area contributed by atoms with E-state index in [1.807, 2.05) is 36.4 Å². The molecule has 0 aliphatic heterocycles. The van der Waals surface area contributed by atoms with Crippen molar-refractivity contribution in [2.75, 3.05) is 0 Å². The zero-order valence-corrected chi connectivity index (χ0v) is 22.6. The fourth-order valence-electron chi connectivity index (χ4n) is 4.69. The van der Waals surface area contributed by atoms with Gasteiger partial charge in [-0.2, -0.15) is 0 Å². The number of aromatic nitrogens is 2. The van der Waals surface area contributed by atoms with Crippen molar-refractivity contribution in [2.45, 2.75) is 25.8 Å². The van der Waals surface area contributed by atoms with Gasteiger partial charge < -0.3 is 15.4 Å². The van der Waals surface area contributed by atoms with Crippen LogP contribution in [0.5, 0.6) is 0 Å². The Balaban J connectivity index is 1.54. The Labute approximate surface area is 235 Å². The summed E-state index contributed by atoms with van der Waals surface area (Å²) >= 11 is 12.5. The third kappa shape index (κ3) is 5.67. The zero-order chi connectivity index (χ0) is 27.5. The average Bonchev–Trinajstić information content (AvgIpc) is 3.35. The standard InChI is InChI=1S/C31H25Cl2N3O3/c1-2-6-26(18-7-4-3-5-8-18)36-30(37)19-9-12-22(25(15-19)31(38)39)24-16-20(32)10-13-23(24)29-34-27-14-11-21(33)17-28(27)35-29/h3-5,7-17,26H,2,6H2,1H3,(H,34,35)(H,36,37)(H,38,39)/t26-/m1/s1. The predicted octanol–water partition coefficient (Wildman–Crippen LogP) is 8.17. The lowest BCUT2D eigenvalue weighted by molar-refractivity contribution is 0.0697. The molecule has 3 N–H and O–H groups in total. The first kappa shape index (κ1) is 26.5. The Morgan fingerprint density at radius 3 is 2.36 bits per heavy atom. The van der Waals surface area contributed by atoms with Crippen LogP contribution in [0.3, 0.4) is 0 Å². The van der Waals surface area contributed by atoms with E-state index in [9.17, 15) is 14.7 Å². The average molecular weight is 558 g/mol. The van der Waals surface area contributed by atoms with E-state index in [0.29, 0.717) is 38.1 Å². The number of hydrogen-bond acceptors (Lipinski definition) is 3. The smallest absolute Gasteiger partial charge is 0.336 e. The fourth-order valence-corrected chi connectivity index (χ4v) is 5.03. The number of aromatic amines is 1. The Morgan fingerprint density at radius 2 is 1.62 bits per heavy atom. The Bertz CT molecular complexity index is 1680. The maximum Gasteiger partial charge on any atom is 0.336 e. The largest absolute Gasteiger partial charge is 0.478 e. The van der Waals surface area contributed by atoms with Crippen LogP contribution in [0.4, 0.5) is 0 Å². The number of H-pyrrole nitrogens is 1. The monoisotopic (exact) mass is 557 g/mol. The Hall–Kier alpha value is -4.13. The van der Waals surface area contributed by atoms with Crippen LogP contribution in [0, 0.1) is 0 Å². The van der Waals surface area contributed by atoms with Gasteiger partial charge in [-0.25, -0.2) is 9.78 Å². The number of amides is 1. The van der Waals surface area contributed by atoms with Crippen molar-refractivity contribution in [3.05, 3.63) is 112 Å². The van der Waals surface area contributed by atoms with Gasteiger partial charge in [0.15, 0.2) is 0 Å². The first-order valence-electron chi connectivity index (χ1n) is 12.5. The molecule has 0 spiro atoms. The SMILES string of the molecule is CCC[C@@H](NC(=O)c1ccc(-c2cc(Cl)ccc2-c2nc3cc(Cl)ccc3[nH]2)c(C(=O)O)c1)c1ccccc1. The zero-order valence-electron chi connectivity index (χ0n) is 21.0. The van der Waals surface area contributed by atoms with Gasteiger partial charge in [-0.05, 0) is 71.6 Å². The van der Waals surface area contributed by atoms with Crippen LogP contribution in [-0.4, -0.2) is 27.0 Å². The normalized spacial score (nSPS) is 11.9. The molecular formula is C31H25Cl2N3O3. The minimum atomic E-state index is -1.16. The summed E-state index contributed by atoms with van der Waals surface area (Å²) in [7, 11) is 0. The van der Waals surface area contributed by atoms with Crippen LogP contribution >= 0.6 is 23.2 Å². The van der Waals surface area contributed by atoms with E-state index >= 15 is 0 Å². The first-order chi connectivity index (χ1) is 18.8. The number of aromatic carboxylic acids is 1. The molecule has 0 fully saturated rings. The summed E-state index contributed by atoms with van der Waals surface area (Å²) in [6.45, 7) is 2.05. The number of benzene rings is 4. The number of rotatable bonds is 8. The van der Waals surface area contributed by atoms with Crippen molar-refractivity contribution in [1.29, 1.82) is 0 Å². The molecule has 5 aromatic rings. The highest BCUT2D eigenvalue weighted by Gasteiger charge is 2.21. The van der Waals surface area contributed by atoms with Crippen molar-refractivity contribution in [3.63, 3.8) is 0 Å². The molecule has 0 saturated heterocycles. The van der Waals surface area contributed by atoms with E-state index in [0.717, 1.165) is 23.9 Å².